The van der Waals surface area contributed by atoms with Crippen LogP contribution in [0, 0.1) is 11.8 Å². The van der Waals surface area contributed by atoms with Gasteiger partial charge in [0.2, 0.25) is 5.91 Å². The number of amides is 1. The second kappa shape index (κ2) is 7.93. The first-order valence-electron chi connectivity index (χ1n) is 6.54. The second-order valence-corrected chi connectivity index (χ2v) is 5.50. The molecule has 102 valence electrons. The van der Waals surface area contributed by atoms with Crippen molar-refractivity contribution in [2.24, 2.45) is 17.6 Å². The summed E-state index contributed by atoms with van der Waals surface area (Å²) in [6.45, 7) is 8.31. The molecule has 1 heterocycles. The summed E-state index contributed by atoms with van der Waals surface area (Å²) in [4.78, 5) is 13.9. The molecule has 3 nitrogen and oxygen atoms in total. The van der Waals surface area contributed by atoms with Crippen molar-refractivity contribution in [3.05, 3.63) is 0 Å². The highest BCUT2D eigenvalue weighted by Gasteiger charge is 2.22. The Morgan fingerprint density at radius 1 is 1.29 bits per heavy atom. The number of nitrogens with two attached hydrogens (primary N) is 1. The molecule has 1 fully saturated rings. The van der Waals surface area contributed by atoms with Crippen LogP contribution in [0.4, 0.5) is 0 Å². The normalized spacial score (nSPS) is 22.9. The van der Waals surface area contributed by atoms with E-state index in [2.05, 4.69) is 13.8 Å². The quantitative estimate of drug-likeness (QED) is 0.849. The topological polar surface area (TPSA) is 46.3 Å². The van der Waals surface area contributed by atoms with Gasteiger partial charge in [0.25, 0.3) is 0 Å². The van der Waals surface area contributed by atoms with Crippen molar-refractivity contribution in [3.63, 3.8) is 0 Å². The van der Waals surface area contributed by atoms with Crippen LogP contribution in [0.15, 0.2) is 0 Å². The molecule has 1 amide bonds. The Kier molecular flexibility index (Phi) is 7.80. The minimum absolute atomic E-state index is 0. The van der Waals surface area contributed by atoms with Gasteiger partial charge in [-0.3, -0.25) is 4.79 Å². The summed E-state index contributed by atoms with van der Waals surface area (Å²) >= 11 is 0. The fourth-order valence-electron chi connectivity index (χ4n) is 2.44. The molecule has 17 heavy (non-hydrogen) atoms. The Hall–Kier alpha value is -0.280. The van der Waals surface area contributed by atoms with Crippen molar-refractivity contribution in [2.75, 3.05) is 13.1 Å². The number of nitrogens with zero attached hydrogens (tertiary/aromatic N) is 1. The van der Waals surface area contributed by atoms with Gasteiger partial charge in [0.05, 0.1) is 0 Å². The lowest BCUT2D eigenvalue weighted by atomic mass is 9.89. The molecule has 0 bridgehead atoms. The Bertz CT molecular complexity index is 231. The van der Waals surface area contributed by atoms with E-state index in [1.165, 1.54) is 6.42 Å². The maximum absolute atomic E-state index is 11.9. The van der Waals surface area contributed by atoms with Crippen molar-refractivity contribution >= 4 is 18.3 Å². The van der Waals surface area contributed by atoms with Crippen molar-refractivity contribution in [1.82, 2.24) is 4.90 Å². The number of rotatable bonds is 3. The van der Waals surface area contributed by atoms with Gasteiger partial charge < -0.3 is 10.6 Å². The van der Waals surface area contributed by atoms with Gasteiger partial charge in [0, 0.05) is 25.6 Å². The molecule has 0 aromatic carbocycles. The van der Waals surface area contributed by atoms with E-state index in [1.807, 2.05) is 11.8 Å². The molecular formula is C13H27ClN2O. The SMILES string of the molecule is CC(N)CC(=O)N1CCCC(C(C)C)CC1.Cl. The highest BCUT2D eigenvalue weighted by Crippen LogP contribution is 2.24. The predicted octanol–water partition coefficient (Wildman–Crippen LogP) is 2.43. The highest BCUT2D eigenvalue weighted by molar-refractivity contribution is 5.85. The van der Waals surface area contributed by atoms with E-state index in [-0.39, 0.29) is 24.4 Å². The Morgan fingerprint density at radius 3 is 2.47 bits per heavy atom. The first-order valence-corrected chi connectivity index (χ1v) is 6.54. The van der Waals surface area contributed by atoms with Gasteiger partial charge in [-0.05, 0) is 38.0 Å². The maximum atomic E-state index is 11.9. The highest BCUT2D eigenvalue weighted by atomic mass is 35.5. The van der Waals surface area contributed by atoms with Crippen LogP contribution < -0.4 is 5.73 Å². The summed E-state index contributed by atoms with van der Waals surface area (Å²) in [5, 5.41) is 0. The third-order valence-electron chi connectivity index (χ3n) is 3.56. The molecule has 0 radical (unpaired) electrons. The van der Waals surface area contributed by atoms with Crippen LogP contribution >= 0.6 is 12.4 Å². The predicted molar refractivity (Wildman–Crippen MR) is 74.3 cm³/mol. The monoisotopic (exact) mass is 262 g/mol. The van der Waals surface area contributed by atoms with Gasteiger partial charge in [-0.25, -0.2) is 0 Å². The van der Waals surface area contributed by atoms with E-state index >= 15 is 0 Å². The first-order chi connectivity index (χ1) is 7.50. The van der Waals surface area contributed by atoms with Gasteiger partial charge >= 0.3 is 0 Å². The zero-order valence-electron chi connectivity index (χ0n) is 11.3. The summed E-state index contributed by atoms with van der Waals surface area (Å²) in [7, 11) is 0. The molecule has 0 spiro atoms. The smallest absolute Gasteiger partial charge is 0.224 e. The number of hydrogen-bond acceptors (Lipinski definition) is 2. The number of carbonyl (C=O) groups is 1. The minimum atomic E-state index is -0.0170. The summed E-state index contributed by atoms with van der Waals surface area (Å²) in [5.74, 6) is 1.76. The van der Waals surface area contributed by atoms with Gasteiger partial charge in [0.15, 0.2) is 0 Å². The standard InChI is InChI=1S/C13H26N2O.ClH/c1-10(2)12-5-4-7-15(8-6-12)13(16)9-11(3)14;/h10-12H,4-9,14H2,1-3H3;1H. The molecular weight excluding hydrogens is 236 g/mol. The van der Waals surface area contributed by atoms with E-state index in [0.717, 1.165) is 37.8 Å². The molecule has 1 saturated heterocycles. The number of hydrogen-bond donors (Lipinski definition) is 1. The van der Waals surface area contributed by atoms with Gasteiger partial charge in [0.1, 0.15) is 0 Å². The van der Waals surface area contributed by atoms with Crippen LogP contribution in [-0.2, 0) is 4.79 Å². The largest absolute Gasteiger partial charge is 0.343 e. The lowest BCUT2D eigenvalue weighted by Crippen LogP contribution is -2.35. The van der Waals surface area contributed by atoms with Crippen molar-refractivity contribution in [2.45, 2.75) is 52.5 Å². The summed E-state index contributed by atoms with van der Waals surface area (Å²) in [6.07, 6.45) is 4.06. The molecule has 0 aromatic rings. The Morgan fingerprint density at radius 2 is 1.94 bits per heavy atom. The van der Waals surface area contributed by atoms with Crippen molar-refractivity contribution in [3.8, 4) is 0 Å². The molecule has 1 aliphatic rings. The van der Waals surface area contributed by atoms with Gasteiger partial charge in [-0.15, -0.1) is 12.4 Å². The maximum Gasteiger partial charge on any atom is 0.224 e. The lowest BCUT2D eigenvalue weighted by molar-refractivity contribution is -0.131. The van der Waals surface area contributed by atoms with Gasteiger partial charge in [-0.1, -0.05) is 13.8 Å². The fourth-order valence-corrected chi connectivity index (χ4v) is 2.44. The Balaban J connectivity index is 0.00000256. The molecule has 0 aromatic heterocycles. The van der Waals surface area contributed by atoms with Gasteiger partial charge in [-0.2, -0.15) is 0 Å². The van der Waals surface area contributed by atoms with E-state index in [4.69, 9.17) is 5.73 Å². The molecule has 2 atom stereocenters. The molecule has 0 saturated carbocycles. The molecule has 1 aliphatic heterocycles. The molecule has 0 aliphatic carbocycles. The summed E-state index contributed by atoms with van der Waals surface area (Å²) in [6, 6.07) is -0.0170. The van der Waals surface area contributed by atoms with Crippen molar-refractivity contribution in [1.29, 1.82) is 0 Å². The number of carbonyl (C=O) groups excluding carboxylic acids is 1. The zero-order valence-corrected chi connectivity index (χ0v) is 12.1. The van der Waals surface area contributed by atoms with Crippen LogP contribution in [-0.4, -0.2) is 29.9 Å². The van der Waals surface area contributed by atoms with Crippen LogP contribution in [0.3, 0.4) is 0 Å². The second-order valence-electron chi connectivity index (χ2n) is 5.50. The van der Waals surface area contributed by atoms with E-state index < -0.39 is 0 Å². The summed E-state index contributed by atoms with van der Waals surface area (Å²) < 4.78 is 0. The molecule has 1 rings (SSSR count). The number of likely N-dealkylation sites (tertiary alicyclic amines) is 1. The van der Waals surface area contributed by atoms with E-state index in [9.17, 15) is 4.79 Å². The summed E-state index contributed by atoms with van der Waals surface area (Å²) in [5.41, 5.74) is 5.67. The first kappa shape index (κ1) is 16.7. The third kappa shape index (κ3) is 5.73. The fraction of sp³-hybridized carbons (Fsp3) is 0.923. The lowest BCUT2D eigenvalue weighted by Gasteiger charge is -2.22. The third-order valence-corrected chi connectivity index (χ3v) is 3.56. The molecule has 4 heteroatoms. The average molecular weight is 263 g/mol. The van der Waals surface area contributed by atoms with Crippen molar-refractivity contribution < 1.29 is 4.79 Å². The number of halogens is 1. The van der Waals surface area contributed by atoms with Crippen LogP contribution in [0.5, 0.6) is 0 Å². The average Bonchev–Trinajstić information content (AvgIpc) is 2.41. The Labute approximate surface area is 112 Å². The molecule has 2 unspecified atom stereocenters. The molecule has 2 N–H and O–H groups in total. The van der Waals surface area contributed by atoms with Crippen LogP contribution in [0.2, 0.25) is 0 Å². The van der Waals surface area contributed by atoms with E-state index in [1.54, 1.807) is 0 Å². The van der Waals surface area contributed by atoms with E-state index in [0.29, 0.717) is 6.42 Å². The van der Waals surface area contributed by atoms with Crippen LogP contribution in [0.25, 0.3) is 0 Å². The zero-order chi connectivity index (χ0) is 12.1. The minimum Gasteiger partial charge on any atom is -0.343 e. The van der Waals surface area contributed by atoms with Crippen LogP contribution in [0.1, 0.15) is 46.5 Å².